The molecule has 0 aliphatic carbocycles. The summed E-state index contributed by atoms with van der Waals surface area (Å²) in [4.78, 5) is 60.3. The van der Waals surface area contributed by atoms with Crippen LogP contribution in [0.1, 0.15) is 70.4 Å². The normalized spacial score (nSPS) is 20.3. The average molecular weight is 704 g/mol. The second kappa shape index (κ2) is 15.8. The minimum Gasteiger partial charge on any atom is -0.508 e. The van der Waals surface area contributed by atoms with Crippen LogP contribution in [-0.4, -0.2) is 112 Å². The van der Waals surface area contributed by atoms with E-state index in [1.807, 2.05) is 54.8 Å². The van der Waals surface area contributed by atoms with Gasteiger partial charge < -0.3 is 39.5 Å². The van der Waals surface area contributed by atoms with Gasteiger partial charge in [-0.15, -0.1) is 0 Å². The smallest absolute Gasteiger partial charge is 0.410 e. The zero-order chi connectivity index (χ0) is 36.1. The molecule has 0 radical (unpaired) electrons. The molecule has 2 N–H and O–H groups in total. The maximum Gasteiger partial charge on any atom is 0.410 e. The molecule has 2 aromatic rings. The molecule has 51 heavy (non-hydrogen) atoms. The van der Waals surface area contributed by atoms with Crippen molar-refractivity contribution in [1.82, 2.24) is 19.6 Å². The predicted molar refractivity (Wildman–Crippen MR) is 192 cm³/mol. The highest BCUT2D eigenvalue weighted by Gasteiger charge is 2.37. The fourth-order valence-corrected chi connectivity index (χ4v) is 7.99. The lowest BCUT2D eigenvalue weighted by molar-refractivity contribution is -0.142. The number of hydrogen-bond donors (Lipinski definition) is 2. The van der Waals surface area contributed by atoms with Gasteiger partial charge in [0, 0.05) is 64.0 Å². The van der Waals surface area contributed by atoms with Gasteiger partial charge in [-0.2, -0.15) is 0 Å². The standard InChI is InChI=1S/C39H53N5O7/c1-39(2,3)51-38(49)43-21-14-29(15-22-43)28-12-19-41(20-13-28)35(46)34(26-27-8-10-32(45)11-9-27)50-37(48)42-23-17-31(18-24-42)44-25-16-30-6-4-5-7-33(30)40-36(44)47/h4-11,28-29,31,34,45H,12-26H2,1-3H3,(H,40,47)/t34-/m1/s1. The molecule has 0 aromatic heterocycles. The van der Waals surface area contributed by atoms with Crippen LogP contribution in [0.3, 0.4) is 0 Å². The molecule has 0 bridgehead atoms. The van der Waals surface area contributed by atoms with Crippen molar-refractivity contribution in [3.8, 4) is 5.75 Å². The first-order valence-corrected chi connectivity index (χ1v) is 18.6. The highest BCUT2D eigenvalue weighted by molar-refractivity contribution is 5.91. The molecule has 276 valence electrons. The molecule has 3 fully saturated rings. The van der Waals surface area contributed by atoms with E-state index in [0.717, 1.165) is 48.9 Å². The molecule has 0 saturated carbocycles. The Morgan fingerprint density at radius 3 is 1.98 bits per heavy atom. The average Bonchev–Trinajstić information content (AvgIpc) is 3.29. The largest absolute Gasteiger partial charge is 0.508 e. The third-order valence-electron chi connectivity index (χ3n) is 10.9. The molecule has 2 aromatic carbocycles. The van der Waals surface area contributed by atoms with Crippen LogP contribution in [0.4, 0.5) is 20.1 Å². The van der Waals surface area contributed by atoms with Crippen molar-refractivity contribution in [3.63, 3.8) is 0 Å². The quantitative estimate of drug-likeness (QED) is 0.384. The Bertz CT molecular complexity index is 1540. The summed E-state index contributed by atoms with van der Waals surface area (Å²) in [6, 6.07) is 14.4. The van der Waals surface area contributed by atoms with E-state index in [2.05, 4.69) is 5.32 Å². The fraction of sp³-hybridized carbons (Fsp3) is 0.590. The minimum absolute atomic E-state index is 0.00336. The molecule has 4 aliphatic rings. The molecule has 12 heteroatoms. The lowest BCUT2D eigenvalue weighted by Gasteiger charge is -2.41. The van der Waals surface area contributed by atoms with Crippen molar-refractivity contribution in [1.29, 1.82) is 0 Å². The molecule has 0 unspecified atom stereocenters. The van der Waals surface area contributed by atoms with Crippen LogP contribution in [0.25, 0.3) is 0 Å². The van der Waals surface area contributed by atoms with Gasteiger partial charge in [0.25, 0.3) is 5.91 Å². The van der Waals surface area contributed by atoms with Crippen LogP contribution < -0.4 is 5.32 Å². The van der Waals surface area contributed by atoms with Crippen LogP contribution in [0.15, 0.2) is 48.5 Å². The van der Waals surface area contributed by atoms with Gasteiger partial charge in [-0.25, -0.2) is 14.4 Å². The second-order valence-electron chi connectivity index (χ2n) is 15.5. The van der Waals surface area contributed by atoms with Crippen LogP contribution in [0.2, 0.25) is 0 Å². The van der Waals surface area contributed by atoms with Crippen molar-refractivity contribution >= 4 is 29.8 Å². The highest BCUT2D eigenvalue weighted by atomic mass is 16.6. The first-order valence-electron chi connectivity index (χ1n) is 18.6. The van der Waals surface area contributed by atoms with E-state index >= 15 is 0 Å². The van der Waals surface area contributed by atoms with Crippen molar-refractivity contribution in [2.75, 3.05) is 51.1 Å². The Hall–Kier alpha value is -4.48. The number of piperidine rings is 3. The van der Waals surface area contributed by atoms with E-state index in [-0.39, 0.29) is 36.2 Å². The van der Waals surface area contributed by atoms with Gasteiger partial charge in [-0.3, -0.25) is 4.79 Å². The van der Waals surface area contributed by atoms with Crippen LogP contribution in [-0.2, 0) is 27.1 Å². The number of rotatable bonds is 6. The summed E-state index contributed by atoms with van der Waals surface area (Å²) in [5.41, 5.74) is 2.24. The SMILES string of the molecule is CC(C)(C)OC(=O)N1CCC(C2CCN(C(=O)[C@@H](Cc3ccc(O)cc3)OC(=O)N3CCC(N4CCc5ccccc5NC4=O)CC3)CC2)CC1. The molecule has 5 amide bonds. The Labute approximate surface area is 301 Å². The number of urea groups is 1. The number of ether oxygens (including phenoxy) is 2. The molecule has 6 rings (SSSR count). The number of benzene rings is 2. The molecular formula is C39H53N5O7. The van der Waals surface area contributed by atoms with Crippen molar-refractivity contribution in [2.24, 2.45) is 11.8 Å². The number of anilines is 1. The summed E-state index contributed by atoms with van der Waals surface area (Å²) in [6.07, 6.45) is 4.03. The van der Waals surface area contributed by atoms with Gasteiger partial charge in [-0.1, -0.05) is 30.3 Å². The number of likely N-dealkylation sites (tertiary alicyclic amines) is 3. The molecular weight excluding hydrogens is 650 g/mol. The number of phenolic OH excluding ortho intramolecular Hbond substituents is 1. The maximum atomic E-state index is 14.0. The van der Waals surface area contributed by atoms with Crippen LogP contribution >= 0.6 is 0 Å². The number of hydrogen-bond acceptors (Lipinski definition) is 7. The van der Waals surface area contributed by atoms with Crippen molar-refractivity contribution in [3.05, 3.63) is 59.7 Å². The van der Waals surface area contributed by atoms with Gasteiger partial charge in [0.2, 0.25) is 0 Å². The van der Waals surface area contributed by atoms with Crippen LogP contribution in [0, 0.1) is 11.8 Å². The van der Waals surface area contributed by atoms with E-state index in [1.165, 1.54) is 0 Å². The Morgan fingerprint density at radius 1 is 0.784 bits per heavy atom. The third-order valence-corrected chi connectivity index (χ3v) is 10.9. The lowest BCUT2D eigenvalue weighted by atomic mass is 9.79. The fourth-order valence-electron chi connectivity index (χ4n) is 7.99. The molecule has 3 saturated heterocycles. The van der Waals surface area contributed by atoms with Gasteiger partial charge >= 0.3 is 18.2 Å². The number of aromatic hydroxyl groups is 1. The Balaban J connectivity index is 1.02. The predicted octanol–water partition coefficient (Wildman–Crippen LogP) is 5.88. The second-order valence-corrected chi connectivity index (χ2v) is 15.5. The van der Waals surface area contributed by atoms with Gasteiger partial charge in [0.05, 0.1) is 0 Å². The number of carbonyl (C=O) groups excluding carboxylic acids is 4. The lowest BCUT2D eigenvalue weighted by Crippen LogP contribution is -2.52. The summed E-state index contributed by atoms with van der Waals surface area (Å²) in [6.45, 7) is 9.65. The van der Waals surface area contributed by atoms with E-state index < -0.39 is 17.8 Å². The Kier molecular flexibility index (Phi) is 11.3. The monoisotopic (exact) mass is 703 g/mol. The summed E-state index contributed by atoms with van der Waals surface area (Å²) in [5.74, 6) is 0.882. The van der Waals surface area contributed by atoms with Gasteiger partial charge in [0.15, 0.2) is 6.10 Å². The molecule has 0 spiro atoms. The summed E-state index contributed by atoms with van der Waals surface area (Å²) < 4.78 is 11.6. The number of nitrogens with one attached hydrogen (secondary N) is 1. The molecule has 4 heterocycles. The molecule has 12 nitrogen and oxygen atoms in total. The van der Waals surface area contributed by atoms with E-state index in [1.54, 1.807) is 34.1 Å². The summed E-state index contributed by atoms with van der Waals surface area (Å²) in [7, 11) is 0. The summed E-state index contributed by atoms with van der Waals surface area (Å²) >= 11 is 0. The summed E-state index contributed by atoms with van der Waals surface area (Å²) in [5, 5.41) is 12.8. The number of para-hydroxylation sites is 1. The van der Waals surface area contributed by atoms with Gasteiger partial charge in [-0.05, 0) is 107 Å². The minimum atomic E-state index is -0.997. The Morgan fingerprint density at radius 2 is 1.35 bits per heavy atom. The number of carbonyl (C=O) groups is 4. The zero-order valence-electron chi connectivity index (χ0n) is 30.2. The first kappa shape index (κ1) is 36.3. The van der Waals surface area contributed by atoms with Crippen LogP contribution in [0.5, 0.6) is 5.75 Å². The van der Waals surface area contributed by atoms with E-state index in [9.17, 15) is 24.3 Å². The van der Waals surface area contributed by atoms with Gasteiger partial charge in [0.1, 0.15) is 11.4 Å². The number of nitrogens with zero attached hydrogens (tertiary/aromatic N) is 4. The highest BCUT2D eigenvalue weighted by Crippen LogP contribution is 2.34. The maximum absolute atomic E-state index is 14.0. The van der Waals surface area contributed by atoms with E-state index in [4.69, 9.17) is 9.47 Å². The number of phenols is 1. The number of fused-ring (bicyclic) bond motifs is 1. The zero-order valence-corrected chi connectivity index (χ0v) is 30.2. The first-order chi connectivity index (χ1) is 24.4. The molecule has 4 aliphatic heterocycles. The van der Waals surface area contributed by atoms with Crippen molar-refractivity contribution in [2.45, 2.75) is 89.9 Å². The molecule has 1 atom stereocenters. The van der Waals surface area contributed by atoms with Crippen molar-refractivity contribution < 1.29 is 33.8 Å². The third kappa shape index (κ3) is 9.25. The number of amides is 5. The topological polar surface area (TPSA) is 132 Å². The van der Waals surface area contributed by atoms with E-state index in [0.29, 0.717) is 70.5 Å².